The maximum absolute atomic E-state index is 9.51. The predicted molar refractivity (Wildman–Crippen MR) is 71.7 cm³/mol. The van der Waals surface area contributed by atoms with E-state index < -0.39 is 0 Å². The zero-order chi connectivity index (χ0) is 13.0. The Morgan fingerprint density at radius 2 is 1.50 bits per heavy atom. The molecule has 0 aliphatic heterocycles. The van der Waals surface area contributed by atoms with Crippen LogP contribution in [0.2, 0.25) is 0 Å². The Kier molecular flexibility index (Phi) is 3.53. The van der Waals surface area contributed by atoms with Gasteiger partial charge in [-0.25, -0.2) is 0 Å². The van der Waals surface area contributed by atoms with Gasteiger partial charge < -0.3 is 14.9 Å². The highest BCUT2D eigenvalue weighted by atomic mass is 16.5. The zero-order valence-corrected chi connectivity index (χ0v) is 10.00. The van der Waals surface area contributed by atoms with Gasteiger partial charge in [0, 0.05) is 6.07 Å². The normalized spacial score (nSPS) is 10.7. The van der Waals surface area contributed by atoms with Crippen LogP contribution in [0.5, 0.6) is 17.2 Å². The molecule has 0 heterocycles. The Hall–Kier alpha value is -2.42. The summed E-state index contributed by atoms with van der Waals surface area (Å²) in [4.78, 5) is 0. The van der Waals surface area contributed by atoms with Crippen molar-refractivity contribution in [1.82, 2.24) is 0 Å². The molecule has 2 rings (SSSR count). The van der Waals surface area contributed by atoms with E-state index in [1.165, 1.54) is 0 Å². The second-order valence-corrected chi connectivity index (χ2v) is 3.89. The molecule has 0 radical (unpaired) electrons. The van der Waals surface area contributed by atoms with E-state index in [2.05, 4.69) is 0 Å². The molecule has 18 heavy (non-hydrogen) atoms. The minimum atomic E-state index is 0.166. The summed E-state index contributed by atoms with van der Waals surface area (Å²) in [5.74, 6) is 1.02. The monoisotopic (exact) mass is 242 g/mol. The van der Waals surface area contributed by atoms with Gasteiger partial charge in [-0.05, 0) is 35.4 Å². The first-order chi connectivity index (χ1) is 8.67. The number of methoxy groups -OCH3 is 1. The van der Waals surface area contributed by atoms with E-state index in [4.69, 9.17) is 4.74 Å². The molecule has 0 unspecified atom stereocenters. The van der Waals surface area contributed by atoms with E-state index in [0.29, 0.717) is 5.75 Å². The van der Waals surface area contributed by atoms with Crippen molar-refractivity contribution < 1.29 is 14.9 Å². The highest BCUT2D eigenvalue weighted by molar-refractivity contribution is 5.71. The Balaban J connectivity index is 2.22. The summed E-state index contributed by atoms with van der Waals surface area (Å²) in [7, 11) is 1.56. The van der Waals surface area contributed by atoms with Crippen LogP contribution in [0.4, 0.5) is 0 Å². The Labute approximate surface area is 106 Å². The summed E-state index contributed by atoms with van der Waals surface area (Å²) >= 11 is 0. The van der Waals surface area contributed by atoms with Gasteiger partial charge in [0.15, 0.2) is 0 Å². The molecule has 0 aliphatic carbocycles. The van der Waals surface area contributed by atoms with Crippen LogP contribution >= 0.6 is 0 Å². The number of hydrogen-bond donors (Lipinski definition) is 2. The van der Waals surface area contributed by atoms with E-state index in [9.17, 15) is 10.2 Å². The number of benzene rings is 2. The fraction of sp³-hybridized carbons (Fsp3) is 0.0667. The highest BCUT2D eigenvalue weighted by Gasteiger charge is 1.97. The maximum Gasteiger partial charge on any atom is 0.123 e. The summed E-state index contributed by atoms with van der Waals surface area (Å²) < 4.78 is 5.08. The van der Waals surface area contributed by atoms with Crippen LogP contribution in [0.25, 0.3) is 12.2 Å². The fourth-order valence-electron chi connectivity index (χ4n) is 1.60. The van der Waals surface area contributed by atoms with Crippen molar-refractivity contribution in [3.8, 4) is 17.2 Å². The number of rotatable bonds is 3. The fourth-order valence-corrected chi connectivity index (χ4v) is 1.60. The molecule has 2 aromatic rings. The van der Waals surface area contributed by atoms with E-state index in [-0.39, 0.29) is 11.5 Å². The Bertz CT molecular complexity index is 556. The first kappa shape index (κ1) is 12.0. The molecule has 92 valence electrons. The van der Waals surface area contributed by atoms with Crippen molar-refractivity contribution in [1.29, 1.82) is 0 Å². The van der Waals surface area contributed by atoms with E-state index in [0.717, 1.165) is 11.1 Å². The van der Waals surface area contributed by atoms with E-state index in [1.54, 1.807) is 31.4 Å². The molecule has 0 bridgehead atoms. The minimum absolute atomic E-state index is 0.166. The van der Waals surface area contributed by atoms with Crippen molar-refractivity contribution in [3.05, 3.63) is 53.6 Å². The number of aromatic hydroxyl groups is 2. The van der Waals surface area contributed by atoms with Gasteiger partial charge in [-0.3, -0.25) is 0 Å². The van der Waals surface area contributed by atoms with Gasteiger partial charge in [0.05, 0.1) is 7.11 Å². The Morgan fingerprint density at radius 1 is 0.833 bits per heavy atom. The third kappa shape index (κ3) is 3.04. The van der Waals surface area contributed by atoms with Crippen LogP contribution in [0, 0.1) is 0 Å². The summed E-state index contributed by atoms with van der Waals surface area (Å²) in [6.07, 6.45) is 3.77. The molecule has 0 saturated carbocycles. The molecule has 0 aromatic heterocycles. The molecular formula is C15H14O3. The standard InChI is InChI=1S/C15H14O3/c1-18-15-9-12(8-14(17)10-15)3-2-11-4-6-13(16)7-5-11/h2-10,16-17H,1H3/b3-2-. The summed E-state index contributed by atoms with van der Waals surface area (Å²) in [6.45, 7) is 0. The van der Waals surface area contributed by atoms with Gasteiger partial charge >= 0.3 is 0 Å². The van der Waals surface area contributed by atoms with Crippen LogP contribution < -0.4 is 4.74 Å². The number of ether oxygens (including phenoxy) is 1. The third-order valence-electron chi connectivity index (χ3n) is 2.51. The second kappa shape index (κ2) is 5.27. The van der Waals surface area contributed by atoms with Crippen LogP contribution in [0.3, 0.4) is 0 Å². The third-order valence-corrected chi connectivity index (χ3v) is 2.51. The lowest BCUT2D eigenvalue weighted by Gasteiger charge is -2.02. The van der Waals surface area contributed by atoms with Crippen LogP contribution in [-0.2, 0) is 0 Å². The van der Waals surface area contributed by atoms with E-state index in [1.807, 2.05) is 30.4 Å². The van der Waals surface area contributed by atoms with Gasteiger partial charge in [0.25, 0.3) is 0 Å². The first-order valence-corrected chi connectivity index (χ1v) is 5.52. The minimum Gasteiger partial charge on any atom is -0.508 e. The summed E-state index contributed by atoms with van der Waals surface area (Å²) in [6, 6.07) is 11.9. The van der Waals surface area contributed by atoms with Crippen molar-refractivity contribution in [3.63, 3.8) is 0 Å². The van der Waals surface area contributed by atoms with Crippen molar-refractivity contribution >= 4 is 12.2 Å². The van der Waals surface area contributed by atoms with Gasteiger partial charge in [-0.2, -0.15) is 0 Å². The SMILES string of the molecule is COc1cc(O)cc(/C=C\c2ccc(O)cc2)c1. The summed E-state index contributed by atoms with van der Waals surface area (Å²) in [5, 5.41) is 18.7. The molecule has 0 atom stereocenters. The Morgan fingerprint density at radius 3 is 2.17 bits per heavy atom. The molecule has 0 fully saturated rings. The molecule has 0 aliphatic rings. The van der Waals surface area contributed by atoms with Crippen molar-refractivity contribution in [2.45, 2.75) is 0 Å². The number of phenolic OH excluding ortho intramolecular Hbond substituents is 2. The molecule has 0 amide bonds. The molecular weight excluding hydrogens is 228 g/mol. The molecule has 2 N–H and O–H groups in total. The molecule has 2 aromatic carbocycles. The van der Waals surface area contributed by atoms with Gasteiger partial charge in [-0.1, -0.05) is 24.3 Å². The summed E-state index contributed by atoms with van der Waals surface area (Å²) in [5.41, 5.74) is 1.81. The molecule has 0 saturated heterocycles. The largest absolute Gasteiger partial charge is 0.508 e. The number of phenols is 2. The van der Waals surface area contributed by atoms with Crippen LogP contribution in [-0.4, -0.2) is 17.3 Å². The van der Waals surface area contributed by atoms with Crippen molar-refractivity contribution in [2.24, 2.45) is 0 Å². The molecule has 3 heteroatoms. The average molecular weight is 242 g/mol. The van der Waals surface area contributed by atoms with Crippen LogP contribution in [0.15, 0.2) is 42.5 Å². The number of hydrogen-bond acceptors (Lipinski definition) is 3. The molecule has 0 spiro atoms. The van der Waals surface area contributed by atoms with Gasteiger partial charge in [0.1, 0.15) is 17.2 Å². The lowest BCUT2D eigenvalue weighted by molar-refractivity contribution is 0.407. The quantitative estimate of drug-likeness (QED) is 0.812. The second-order valence-electron chi connectivity index (χ2n) is 3.89. The van der Waals surface area contributed by atoms with Gasteiger partial charge in [-0.15, -0.1) is 0 Å². The maximum atomic E-state index is 9.51. The molecule has 3 nitrogen and oxygen atoms in total. The predicted octanol–water partition coefficient (Wildman–Crippen LogP) is 3.28. The average Bonchev–Trinajstić information content (AvgIpc) is 2.37. The van der Waals surface area contributed by atoms with Gasteiger partial charge in [0.2, 0.25) is 0 Å². The first-order valence-electron chi connectivity index (χ1n) is 5.52. The topological polar surface area (TPSA) is 49.7 Å². The lowest BCUT2D eigenvalue weighted by Crippen LogP contribution is -1.83. The lowest BCUT2D eigenvalue weighted by atomic mass is 10.1. The van der Waals surface area contributed by atoms with Crippen molar-refractivity contribution in [2.75, 3.05) is 7.11 Å². The highest BCUT2D eigenvalue weighted by Crippen LogP contribution is 2.23. The zero-order valence-electron chi connectivity index (χ0n) is 10.00. The smallest absolute Gasteiger partial charge is 0.123 e. The van der Waals surface area contributed by atoms with Crippen LogP contribution in [0.1, 0.15) is 11.1 Å². The van der Waals surface area contributed by atoms with E-state index >= 15 is 0 Å².